The van der Waals surface area contributed by atoms with Crippen molar-refractivity contribution < 1.29 is 25.9 Å². The Labute approximate surface area is 93.5 Å². The van der Waals surface area contributed by atoms with Gasteiger partial charge in [0, 0.05) is 0 Å². The number of hydrogen-bond donors (Lipinski definition) is 0. The van der Waals surface area contributed by atoms with Gasteiger partial charge in [0.15, 0.2) is 0 Å². The lowest BCUT2D eigenvalue weighted by molar-refractivity contribution is -0.864. The smallest absolute Gasteiger partial charge is 0.140 e. The molecule has 78 valence electrons. The first-order valence-corrected chi connectivity index (χ1v) is 4.27. The van der Waals surface area contributed by atoms with Gasteiger partial charge in [-0.3, -0.25) is 0 Å². The predicted molar refractivity (Wildman–Crippen MR) is 53.6 cm³/mol. The topological polar surface area (TPSA) is 0 Å². The van der Waals surface area contributed by atoms with Crippen molar-refractivity contribution in [1.29, 1.82) is 0 Å². The summed E-state index contributed by atoms with van der Waals surface area (Å²) in [4.78, 5) is 0. The molecule has 3 heteroatoms. The first-order chi connectivity index (χ1) is 5.21. The van der Waals surface area contributed by atoms with Crippen molar-refractivity contribution in [2.75, 3.05) is 55.4 Å². The van der Waals surface area contributed by atoms with Crippen molar-refractivity contribution in [3.63, 3.8) is 0 Å². The van der Waals surface area contributed by atoms with E-state index in [4.69, 9.17) is 0 Å². The summed E-state index contributed by atoms with van der Waals surface area (Å²) in [5, 5.41) is 0. The maximum Gasteiger partial charge on any atom is 0.140 e. The van der Waals surface area contributed by atoms with Crippen molar-refractivity contribution in [3.8, 4) is 11.8 Å². The molecule has 0 atom stereocenters. The second-order valence-corrected chi connectivity index (χ2v) is 5.25. The molecule has 0 aliphatic heterocycles. The minimum absolute atomic E-state index is 0. The van der Waals surface area contributed by atoms with Crippen molar-refractivity contribution in [3.05, 3.63) is 0 Å². The molecule has 0 unspecified atom stereocenters. The molecule has 0 aromatic rings. The summed E-state index contributed by atoms with van der Waals surface area (Å²) < 4.78 is 1.84. The van der Waals surface area contributed by atoms with Gasteiger partial charge in [-0.15, -0.1) is 0 Å². The van der Waals surface area contributed by atoms with Crippen molar-refractivity contribution >= 4 is 0 Å². The standard InChI is InChI=1S/C10H22N2.BrH/c1-11(2,3)9-7-8-10-12(4,5)6;/h9-10H2,1-6H3;1H/q+2;/p-1. The third-order valence-corrected chi connectivity index (χ3v) is 1.23. The lowest BCUT2D eigenvalue weighted by atomic mass is 10.4. The summed E-state index contributed by atoms with van der Waals surface area (Å²) in [5.41, 5.74) is 0. The lowest BCUT2D eigenvalue weighted by Gasteiger charge is -2.21. The van der Waals surface area contributed by atoms with Gasteiger partial charge in [0.2, 0.25) is 0 Å². The molecule has 0 rings (SSSR count). The molecule has 0 radical (unpaired) electrons. The van der Waals surface area contributed by atoms with E-state index in [1.165, 1.54) is 0 Å². The summed E-state index contributed by atoms with van der Waals surface area (Å²) >= 11 is 0. The molecular weight excluding hydrogens is 228 g/mol. The van der Waals surface area contributed by atoms with Gasteiger partial charge in [0.05, 0.1) is 42.3 Å². The molecule has 0 heterocycles. The minimum Gasteiger partial charge on any atom is -1.00 e. The van der Waals surface area contributed by atoms with E-state index in [-0.39, 0.29) is 17.0 Å². The number of halogens is 1. The van der Waals surface area contributed by atoms with E-state index in [1.54, 1.807) is 0 Å². The second-order valence-electron chi connectivity index (χ2n) is 5.25. The number of rotatable bonds is 2. The molecule has 0 aromatic carbocycles. The van der Waals surface area contributed by atoms with Crippen molar-refractivity contribution in [2.45, 2.75) is 0 Å². The van der Waals surface area contributed by atoms with Gasteiger partial charge in [-0.1, -0.05) is 0 Å². The SMILES string of the molecule is C[N+](C)(C)CC#CC[N+](C)(C)C.[Br-]. The molecular formula is C10H22BrN2+. The highest BCUT2D eigenvalue weighted by molar-refractivity contribution is 4.99. The van der Waals surface area contributed by atoms with Crippen LogP contribution in [-0.4, -0.2) is 64.3 Å². The average molecular weight is 250 g/mol. The van der Waals surface area contributed by atoms with Crippen LogP contribution in [0.3, 0.4) is 0 Å². The zero-order valence-corrected chi connectivity index (χ0v) is 11.3. The molecule has 0 saturated heterocycles. The van der Waals surface area contributed by atoms with Crippen LogP contribution in [0, 0.1) is 11.8 Å². The lowest BCUT2D eigenvalue weighted by Crippen LogP contribution is -3.00. The van der Waals surface area contributed by atoms with Crippen LogP contribution in [-0.2, 0) is 0 Å². The highest BCUT2D eigenvalue weighted by Gasteiger charge is 2.04. The van der Waals surface area contributed by atoms with Gasteiger partial charge >= 0.3 is 0 Å². The van der Waals surface area contributed by atoms with Crippen molar-refractivity contribution in [1.82, 2.24) is 0 Å². The van der Waals surface area contributed by atoms with E-state index in [0.29, 0.717) is 0 Å². The number of quaternary nitrogens is 2. The molecule has 0 N–H and O–H groups in total. The van der Waals surface area contributed by atoms with Gasteiger partial charge < -0.3 is 25.9 Å². The summed E-state index contributed by atoms with van der Waals surface area (Å²) in [6, 6.07) is 0. The molecule has 0 aliphatic carbocycles. The largest absolute Gasteiger partial charge is 1.00 e. The molecule has 0 amide bonds. The summed E-state index contributed by atoms with van der Waals surface area (Å²) in [7, 11) is 12.9. The Morgan fingerprint density at radius 2 is 0.923 bits per heavy atom. The van der Waals surface area contributed by atoms with Crippen LogP contribution in [0.25, 0.3) is 0 Å². The van der Waals surface area contributed by atoms with Gasteiger partial charge in [-0.05, 0) is 11.8 Å². The zero-order chi connectivity index (χ0) is 9.83. The third-order valence-electron chi connectivity index (χ3n) is 1.23. The summed E-state index contributed by atoms with van der Waals surface area (Å²) in [6.45, 7) is 1.86. The van der Waals surface area contributed by atoms with Crippen LogP contribution in [0.2, 0.25) is 0 Å². The quantitative estimate of drug-likeness (QED) is 0.373. The van der Waals surface area contributed by atoms with Crippen LogP contribution in [0.15, 0.2) is 0 Å². The maximum atomic E-state index is 3.19. The zero-order valence-electron chi connectivity index (χ0n) is 9.69. The van der Waals surface area contributed by atoms with E-state index < -0.39 is 0 Å². The Hall–Kier alpha value is -0.0400. The summed E-state index contributed by atoms with van der Waals surface area (Å²) in [6.07, 6.45) is 0. The first kappa shape index (κ1) is 15.4. The normalized spacial score (nSPS) is 11.2. The van der Waals surface area contributed by atoms with Crippen LogP contribution in [0.4, 0.5) is 0 Å². The fraction of sp³-hybridized carbons (Fsp3) is 0.800. The van der Waals surface area contributed by atoms with Crippen LogP contribution < -0.4 is 17.0 Å². The number of nitrogens with zero attached hydrogens (tertiary/aromatic N) is 2. The fourth-order valence-corrected chi connectivity index (χ4v) is 0.586. The average Bonchev–Trinajstić information content (AvgIpc) is 1.76. The van der Waals surface area contributed by atoms with E-state index in [0.717, 1.165) is 22.1 Å². The highest BCUT2D eigenvalue weighted by atomic mass is 79.9. The monoisotopic (exact) mass is 249 g/mol. The first-order valence-electron chi connectivity index (χ1n) is 4.27. The van der Waals surface area contributed by atoms with Gasteiger partial charge in [-0.2, -0.15) is 0 Å². The van der Waals surface area contributed by atoms with E-state index in [2.05, 4.69) is 54.1 Å². The second kappa shape index (κ2) is 5.64. The fourth-order valence-electron chi connectivity index (χ4n) is 0.586. The van der Waals surface area contributed by atoms with Gasteiger partial charge in [0.1, 0.15) is 13.1 Å². The molecule has 0 fully saturated rings. The van der Waals surface area contributed by atoms with E-state index >= 15 is 0 Å². The van der Waals surface area contributed by atoms with Crippen LogP contribution >= 0.6 is 0 Å². The molecule has 0 bridgehead atoms. The van der Waals surface area contributed by atoms with Gasteiger partial charge in [-0.25, -0.2) is 0 Å². The number of hydrogen-bond acceptors (Lipinski definition) is 0. The van der Waals surface area contributed by atoms with Crippen LogP contribution in [0.5, 0.6) is 0 Å². The minimum atomic E-state index is 0. The molecule has 0 spiro atoms. The molecule has 0 aliphatic rings. The Morgan fingerprint density at radius 1 is 0.692 bits per heavy atom. The predicted octanol–water partition coefficient (Wildman–Crippen LogP) is -2.59. The molecule has 13 heavy (non-hydrogen) atoms. The Kier molecular flexibility index (Phi) is 6.70. The van der Waals surface area contributed by atoms with Crippen molar-refractivity contribution in [2.24, 2.45) is 0 Å². The molecule has 0 saturated carbocycles. The maximum absolute atomic E-state index is 3.19. The summed E-state index contributed by atoms with van der Waals surface area (Å²) in [5.74, 6) is 6.38. The molecule has 0 aromatic heterocycles. The van der Waals surface area contributed by atoms with Gasteiger partial charge in [0.25, 0.3) is 0 Å². The Morgan fingerprint density at radius 3 is 1.08 bits per heavy atom. The van der Waals surface area contributed by atoms with E-state index in [9.17, 15) is 0 Å². The highest BCUT2D eigenvalue weighted by Crippen LogP contribution is 1.88. The molecule has 2 nitrogen and oxygen atoms in total. The Balaban J connectivity index is 0. The van der Waals surface area contributed by atoms with E-state index in [1.807, 2.05) is 0 Å². The van der Waals surface area contributed by atoms with Crippen LogP contribution in [0.1, 0.15) is 0 Å². The third kappa shape index (κ3) is 14.8. The Bertz CT molecular complexity index is 168.